The van der Waals surface area contributed by atoms with Crippen LogP contribution in [0.1, 0.15) is 27.2 Å². The average Bonchev–Trinajstić information content (AvgIpc) is 2.65. The zero-order valence-electron chi connectivity index (χ0n) is 7.87. The van der Waals surface area contributed by atoms with Gasteiger partial charge < -0.3 is 4.90 Å². The van der Waals surface area contributed by atoms with Crippen molar-refractivity contribution in [3.63, 3.8) is 0 Å². The highest BCUT2D eigenvalue weighted by molar-refractivity contribution is 5.90. The summed E-state index contributed by atoms with van der Waals surface area (Å²) < 4.78 is 0. The van der Waals surface area contributed by atoms with E-state index >= 15 is 0 Å². The second-order valence-electron chi connectivity index (χ2n) is 4.14. The summed E-state index contributed by atoms with van der Waals surface area (Å²) in [5, 5.41) is 0. The number of nitrogens with zero attached hydrogens (tertiary/aromatic N) is 1. The molecule has 0 aromatic heterocycles. The molecular formula is C10H15NO. The normalized spacial score (nSPS) is 33.5. The molecule has 0 bridgehead atoms. The van der Waals surface area contributed by atoms with Crippen LogP contribution in [0.3, 0.4) is 0 Å². The number of hydrogen-bond acceptors (Lipinski definition) is 1. The number of fused-ring (bicyclic) bond motifs is 1. The summed E-state index contributed by atoms with van der Waals surface area (Å²) in [6, 6.07) is 0.888. The van der Waals surface area contributed by atoms with Crippen LogP contribution in [0.25, 0.3) is 0 Å². The predicted octanol–water partition coefficient (Wildman–Crippen LogP) is 1.57. The van der Waals surface area contributed by atoms with Gasteiger partial charge in [-0.25, -0.2) is 0 Å². The molecule has 0 saturated heterocycles. The zero-order valence-corrected chi connectivity index (χ0v) is 7.87. The summed E-state index contributed by atoms with van der Waals surface area (Å²) in [6.45, 7) is 6.24. The fraction of sp³-hybridized carbons (Fsp3) is 0.700. The van der Waals surface area contributed by atoms with E-state index in [0.29, 0.717) is 18.0 Å². The summed E-state index contributed by atoms with van der Waals surface area (Å²) in [7, 11) is 0. The van der Waals surface area contributed by atoms with Crippen molar-refractivity contribution in [2.75, 3.05) is 0 Å². The minimum absolute atomic E-state index is 0.209. The van der Waals surface area contributed by atoms with Crippen LogP contribution in [0.2, 0.25) is 0 Å². The minimum atomic E-state index is 0.209. The molecule has 1 saturated carbocycles. The molecule has 2 nitrogen and oxygen atoms in total. The third-order valence-electron chi connectivity index (χ3n) is 2.86. The molecule has 2 aliphatic rings. The van der Waals surface area contributed by atoms with E-state index in [9.17, 15) is 4.79 Å². The van der Waals surface area contributed by atoms with Crippen LogP contribution in [0.5, 0.6) is 0 Å². The second-order valence-corrected chi connectivity index (χ2v) is 4.14. The second kappa shape index (κ2) is 2.35. The number of amides is 1. The van der Waals surface area contributed by atoms with Crippen molar-refractivity contribution in [3.8, 4) is 0 Å². The SMILES string of the molecule is CC1=CC(=O)N(C(C)C)[C@H]2CC12. The molecule has 2 heteroatoms. The maximum absolute atomic E-state index is 11.5. The molecule has 0 radical (unpaired) electrons. The first-order chi connectivity index (χ1) is 5.61. The Morgan fingerprint density at radius 3 is 2.83 bits per heavy atom. The van der Waals surface area contributed by atoms with Crippen molar-refractivity contribution in [2.45, 2.75) is 39.3 Å². The van der Waals surface area contributed by atoms with Crippen molar-refractivity contribution < 1.29 is 4.79 Å². The van der Waals surface area contributed by atoms with Gasteiger partial charge in [-0.1, -0.05) is 5.57 Å². The molecule has 2 atom stereocenters. The van der Waals surface area contributed by atoms with Crippen molar-refractivity contribution in [1.82, 2.24) is 4.90 Å². The molecule has 66 valence electrons. The van der Waals surface area contributed by atoms with Crippen LogP contribution in [-0.4, -0.2) is 22.9 Å². The fourth-order valence-corrected chi connectivity index (χ4v) is 2.16. The fourth-order valence-electron chi connectivity index (χ4n) is 2.16. The number of carbonyl (C=O) groups is 1. The Kier molecular flexibility index (Phi) is 1.53. The predicted molar refractivity (Wildman–Crippen MR) is 47.6 cm³/mol. The summed E-state index contributed by atoms with van der Waals surface area (Å²) in [5.74, 6) is 0.895. The molecule has 12 heavy (non-hydrogen) atoms. The molecule has 0 aromatic carbocycles. The van der Waals surface area contributed by atoms with Gasteiger partial charge in [-0.2, -0.15) is 0 Å². The van der Waals surface area contributed by atoms with Gasteiger partial charge in [0.25, 0.3) is 0 Å². The Morgan fingerprint density at radius 2 is 2.25 bits per heavy atom. The molecule has 1 heterocycles. The van der Waals surface area contributed by atoms with Crippen molar-refractivity contribution in [3.05, 3.63) is 11.6 Å². The summed E-state index contributed by atoms with van der Waals surface area (Å²) in [6.07, 6.45) is 2.99. The Balaban J connectivity index is 2.24. The Hall–Kier alpha value is -0.790. The largest absolute Gasteiger partial charge is 0.333 e. The van der Waals surface area contributed by atoms with Gasteiger partial charge in [0.2, 0.25) is 5.91 Å². The first kappa shape index (κ1) is 7.84. The summed E-state index contributed by atoms with van der Waals surface area (Å²) >= 11 is 0. The van der Waals surface area contributed by atoms with E-state index in [4.69, 9.17) is 0 Å². The zero-order chi connectivity index (χ0) is 8.88. The highest BCUT2D eigenvalue weighted by atomic mass is 16.2. The molecule has 0 aromatic rings. The lowest BCUT2D eigenvalue weighted by Crippen LogP contribution is -2.40. The van der Waals surface area contributed by atoms with E-state index in [1.54, 1.807) is 6.08 Å². The van der Waals surface area contributed by atoms with Gasteiger partial charge in [0, 0.05) is 24.1 Å². The van der Waals surface area contributed by atoms with Crippen LogP contribution in [0.15, 0.2) is 11.6 Å². The van der Waals surface area contributed by atoms with Crippen molar-refractivity contribution in [2.24, 2.45) is 5.92 Å². The molecule has 1 amide bonds. The van der Waals surface area contributed by atoms with Crippen LogP contribution >= 0.6 is 0 Å². The topological polar surface area (TPSA) is 20.3 Å². The third-order valence-corrected chi connectivity index (χ3v) is 2.86. The van der Waals surface area contributed by atoms with Gasteiger partial charge in [-0.15, -0.1) is 0 Å². The summed E-state index contributed by atoms with van der Waals surface area (Å²) in [4.78, 5) is 13.5. The molecule has 2 rings (SSSR count). The van der Waals surface area contributed by atoms with Gasteiger partial charge in [-0.05, 0) is 27.2 Å². The first-order valence-electron chi connectivity index (χ1n) is 4.61. The molecule has 1 aliphatic heterocycles. The Labute approximate surface area is 73.2 Å². The molecule has 1 aliphatic carbocycles. The molecule has 0 spiro atoms. The lowest BCUT2D eigenvalue weighted by atomic mass is 10.1. The van der Waals surface area contributed by atoms with E-state index in [0.717, 1.165) is 0 Å². The smallest absolute Gasteiger partial charge is 0.247 e. The molecule has 1 unspecified atom stereocenters. The van der Waals surface area contributed by atoms with E-state index < -0.39 is 0 Å². The van der Waals surface area contributed by atoms with Gasteiger partial charge in [-0.3, -0.25) is 4.79 Å². The summed E-state index contributed by atoms with van der Waals surface area (Å²) in [5.41, 5.74) is 1.28. The van der Waals surface area contributed by atoms with Crippen LogP contribution in [-0.2, 0) is 4.79 Å². The van der Waals surface area contributed by atoms with E-state index in [2.05, 4.69) is 20.8 Å². The Morgan fingerprint density at radius 1 is 1.58 bits per heavy atom. The van der Waals surface area contributed by atoms with Gasteiger partial charge in [0.05, 0.1) is 0 Å². The van der Waals surface area contributed by atoms with Gasteiger partial charge >= 0.3 is 0 Å². The minimum Gasteiger partial charge on any atom is -0.333 e. The third kappa shape index (κ3) is 0.977. The van der Waals surface area contributed by atoms with Gasteiger partial charge in [0.1, 0.15) is 0 Å². The molecule has 0 N–H and O–H groups in total. The van der Waals surface area contributed by atoms with Crippen molar-refractivity contribution >= 4 is 5.91 Å². The van der Waals surface area contributed by atoms with E-state index in [-0.39, 0.29) is 5.91 Å². The van der Waals surface area contributed by atoms with Gasteiger partial charge in [0.15, 0.2) is 0 Å². The number of carbonyl (C=O) groups excluding carboxylic acids is 1. The monoisotopic (exact) mass is 165 g/mol. The maximum Gasteiger partial charge on any atom is 0.247 e. The standard InChI is InChI=1S/C10H15NO/c1-6(2)11-9-5-8(9)7(3)4-10(11)12/h4,6,8-9H,5H2,1-3H3/t8?,9-/m0/s1. The van der Waals surface area contributed by atoms with Crippen LogP contribution in [0, 0.1) is 5.92 Å². The van der Waals surface area contributed by atoms with E-state index in [1.807, 2.05) is 4.90 Å². The average molecular weight is 165 g/mol. The van der Waals surface area contributed by atoms with E-state index in [1.165, 1.54) is 12.0 Å². The molecule has 1 fully saturated rings. The highest BCUT2D eigenvalue weighted by Crippen LogP contribution is 2.45. The lowest BCUT2D eigenvalue weighted by molar-refractivity contribution is -0.129. The lowest BCUT2D eigenvalue weighted by Gasteiger charge is -2.29. The highest BCUT2D eigenvalue weighted by Gasteiger charge is 2.48. The Bertz CT molecular complexity index is 255. The maximum atomic E-state index is 11.5. The molecular weight excluding hydrogens is 150 g/mol. The number of rotatable bonds is 1. The van der Waals surface area contributed by atoms with Crippen molar-refractivity contribution in [1.29, 1.82) is 0 Å². The first-order valence-corrected chi connectivity index (χ1v) is 4.61. The number of hydrogen-bond donors (Lipinski definition) is 0. The van der Waals surface area contributed by atoms with Crippen LogP contribution < -0.4 is 0 Å². The quantitative estimate of drug-likeness (QED) is 0.577. The van der Waals surface area contributed by atoms with Crippen LogP contribution in [0.4, 0.5) is 0 Å².